The smallest absolute Gasteiger partial charge is 0.255 e. The number of pyridine rings is 1. The van der Waals surface area contributed by atoms with Crippen LogP contribution in [0.25, 0.3) is 10.9 Å². The van der Waals surface area contributed by atoms with Gasteiger partial charge in [0.25, 0.3) is 5.91 Å². The van der Waals surface area contributed by atoms with Crippen molar-refractivity contribution in [2.75, 3.05) is 31.1 Å². The topological polar surface area (TPSA) is 36.4 Å². The van der Waals surface area contributed by atoms with Gasteiger partial charge in [-0.25, -0.2) is 0 Å². The van der Waals surface area contributed by atoms with Crippen molar-refractivity contribution >= 4 is 57.3 Å². The summed E-state index contributed by atoms with van der Waals surface area (Å²) in [4.78, 5) is 21.3. The van der Waals surface area contributed by atoms with E-state index >= 15 is 0 Å². The predicted octanol–water partition coefficient (Wildman–Crippen LogP) is 5.16. The van der Waals surface area contributed by atoms with E-state index in [-0.39, 0.29) is 5.91 Å². The first kappa shape index (κ1) is 18.4. The predicted molar refractivity (Wildman–Crippen MR) is 111 cm³/mol. The zero-order valence-corrected chi connectivity index (χ0v) is 16.6. The molecule has 1 saturated heterocycles. The molecule has 0 spiro atoms. The number of hydrogen-bond donors (Lipinski definition) is 0. The minimum Gasteiger partial charge on any atom is -0.367 e. The number of hydrogen-bond acceptors (Lipinski definition) is 3. The van der Waals surface area contributed by atoms with E-state index < -0.39 is 0 Å². The van der Waals surface area contributed by atoms with Crippen LogP contribution in [0.5, 0.6) is 0 Å². The molecule has 0 unspecified atom stereocenters. The molecule has 0 bridgehead atoms. The lowest BCUT2D eigenvalue weighted by atomic mass is 10.1. The van der Waals surface area contributed by atoms with E-state index in [4.69, 9.17) is 34.8 Å². The number of benzene rings is 2. The molecule has 0 N–H and O–H groups in total. The third kappa shape index (κ3) is 3.57. The van der Waals surface area contributed by atoms with Crippen LogP contribution < -0.4 is 4.90 Å². The molecule has 3 aromatic rings. The Bertz CT molecular complexity index is 1020. The van der Waals surface area contributed by atoms with Crippen LogP contribution in [0.4, 0.5) is 5.69 Å². The van der Waals surface area contributed by atoms with Crippen LogP contribution in [0, 0.1) is 0 Å². The largest absolute Gasteiger partial charge is 0.367 e. The maximum absolute atomic E-state index is 12.8. The summed E-state index contributed by atoms with van der Waals surface area (Å²) in [5.74, 6) is -0.0893. The number of aromatic nitrogens is 1. The van der Waals surface area contributed by atoms with E-state index in [1.807, 2.05) is 29.2 Å². The quantitative estimate of drug-likeness (QED) is 0.575. The number of fused-ring (bicyclic) bond motifs is 1. The number of carbonyl (C=O) groups is 1. The van der Waals surface area contributed by atoms with Crippen molar-refractivity contribution in [1.82, 2.24) is 9.88 Å². The summed E-state index contributed by atoms with van der Waals surface area (Å²) in [5.41, 5.74) is 2.41. The fourth-order valence-corrected chi connectivity index (χ4v) is 3.92. The highest BCUT2D eigenvalue weighted by Gasteiger charge is 2.25. The summed E-state index contributed by atoms with van der Waals surface area (Å²) in [6.45, 7) is 2.68. The van der Waals surface area contributed by atoms with Gasteiger partial charge < -0.3 is 9.80 Å². The molecule has 1 aromatic heterocycles. The van der Waals surface area contributed by atoms with Crippen LogP contribution in [-0.4, -0.2) is 42.0 Å². The monoisotopic (exact) mass is 419 g/mol. The molecule has 0 saturated carbocycles. The van der Waals surface area contributed by atoms with E-state index in [0.717, 1.165) is 29.7 Å². The summed E-state index contributed by atoms with van der Waals surface area (Å²) in [5, 5.41) is 2.42. The van der Waals surface area contributed by atoms with Gasteiger partial charge in [0.2, 0.25) is 0 Å². The Balaban J connectivity index is 1.53. The van der Waals surface area contributed by atoms with E-state index in [1.54, 1.807) is 24.4 Å². The molecule has 1 aliphatic heterocycles. The third-order valence-electron chi connectivity index (χ3n) is 4.77. The SMILES string of the molecule is O=C(c1cccc(Cl)c1Cl)N1CCN(c2ccnc3cc(Cl)ccc23)CC1. The first-order valence-electron chi connectivity index (χ1n) is 8.57. The van der Waals surface area contributed by atoms with Crippen molar-refractivity contribution in [3.8, 4) is 0 Å². The Kier molecular flexibility index (Phi) is 5.13. The fraction of sp³-hybridized carbons (Fsp3) is 0.200. The highest BCUT2D eigenvalue weighted by Crippen LogP contribution is 2.30. The van der Waals surface area contributed by atoms with Gasteiger partial charge in [-0.2, -0.15) is 0 Å². The zero-order valence-electron chi connectivity index (χ0n) is 14.3. The Morgan fingerprint density at radius 2 is 1.74 bits per heavy atom. The molecule has 1 fully saturated rings. The van der Waals surface area contributed by atoms with Crippen LogP contribution in [0.1, 0.15) is 10.4 Å². The Hall–Kier alpha value is -2.01. The molecule has 0 atom stereocenters. The summed E-state index contributed by atoms with van der Waals surface area (Å²) < 4.78 is 0. The third-order valence-corrected chi connectivity index (χ3v) is 5.83. The molecule has 0 aliphatic carbocycles. The van der Waals surface area contributed by atoms with Crippen molar-refractivity contribution in [1.29, 1.82) is 0 Å². The molecule has 27 heavy (non-hydrogen) atoms. The molecule has 0 radical (unpaired) electrons. The van der Waals surface area contributed by atoms with E-state index in [0.29, 0.717) is 33.7 Å². The van der Waals surface area contributed by atoms with Crippen molar-refractivity contribution in [3.63, 3.8) is 0 Å². The molecule has 2 heterocycles. The normalized spacial score (nSPS) is 14.6. The lowest BCUT2D eigenvalue weighted by Crippen LogP contribution is -2.49. The van der Waals surface area contributed by atoms with E-state index in [2.05, 4.69) is 9.88 Å². The first-order valence-corrected chi connectivity index (χ1v) is 9.70. The molecular formula is C20H16Cl3N3O. The highest BCUT2D eigenvalue weighted by atomic mass is 35.5. The molecule has 4 nitrogen and oxygen atoms in total. The first-order chi connectivity index (χ1) is 13.0. The second-order valence-electron chi connectivity index (χ2n) is 6.37. The fourth-order valence-electron chi connectivity index (χ4n) is 3.37. The van der Waals surface area contributed by atoms with Crippen molar-refractivity contribution in [2.24, 2.45) is 0 Å². The molecule has 1 amide bonds. The summed E-state index contributed by atoms with van der Waals surface area (Å²) in [6, 6.07) is 12.9. The number of piperazine rings is 1. The second-order valence-corrected chi connectivity index (χ2v) is 7.59. The number of carbonyl (C=O) groups excluding carboxylic acids is 1. The van der Waals surface area contributed by atoms with Crippen LogP contribution in [0.15, 0.2) is 48.7 Å². The second kappa shape index (κ2) is 7.55. The van der Waals surface area contributed by atoms with Crippen LogP contribution in [0.2, 0.25) is 15.1 Å². The Morgan fingerprint density at radius 3 is 2.52 bits per heavy atom. The Labute approximate surface area is 172 Å². The minimum absolute atomic E-state index is 0.0893. The lowest BCUT2D eigenvalue weighted by Gasteiger charge is -2.36. The standard InChI is InChI=1S/C20H16Cl3N3O/c21-13-4-5-14-17(12-13)24-7-6-18(14)25-8-10-26(11-9-25)20(27)15-2-1-3-16(22)19(15)23/h1-7,12H,8-11H2. The average Bonchev–Trinajstić information content (AvgIpc) is 2.69. The highest BCUT2D eigenvalue weighted by molar-refractivity contribution is 6.43. The summed E-state index contributed by atoms with van der Waals surface area (Å²) >= 11 is 18.3. The average molecular weight is 421 g/mol. The van der Waals surface area contributed by atoms with Gasteiger partial charge in [-0.3, -0.25) is 9.78 Å². The molecular weight excluding hydrogens is 405 g/mol. The van der Waals surface area contributed by atoms with Gasteiger partial charge in [0, 0.05) is 48.5 Å². The van der Waals surface area contributed by atoms with Gasteiger partial charge in [-0.05, 0) is 36.4 Å². The minimum atomic E-state index is -0.0893. The van der Waals surface area contributed by atoms with Gasteiger partial charge in [0.1, 0.15) is 0 Å². The maximum Gasteiger partial charge on any atom is 0.255 e. The molecule has 4 rings (SSSR count). The van der Waals surface area contributed by atoms with Crippen molar-refractivity contribution in [3.05, 3.63) is 69.3 Å². The lowest BCUT2D eigenvalue weighted by molar-refractivity contribution is 0.0747. The van der Waals surface area contributed by atoms with E-state index in [9.17, 15) is 4.79 Å². The Morgan fingerprint density at radius 1 is 0.963 bits per heavy atom. The molecule has 2 aromatic carbocycles. The number of rotatable bonds is 2. The van der Waals surface area contributed by atoms with Crippen LogP contribution in [0.3, 0.4) is 0 Å². The molecule has 138 valence electrons. The summed E-state index contributed by atoms with van der Waals surface area (Å²) in [6.07, 6.45) is 1.79. The summed E-state index contributed by atoms with van der Waals surface area (Å²) in [7, 11) is 0. The van der Waals surface area contributed by atoms with Crippen LogP contribution in [-0.2, 0) is 0 Å². The van der Waals surface area contributed by atoms with Gasteiger partial charge in [0.05, 0.1) is 21.1 Å². The van der Waals surface area contributed by atoms with Crippen molar-refractivity contribution < 1.29 is 4.79 Å². The molecule has 7 heteroatoms. The number of halogens is 3. The zero-order chi connectivity index (χ0) is 19.0. The van der Waals surface area contributed by atoms with Gasteiger partial charge in [-0.1, -0.05) is 40.9 Å². The number of anilines is 1. The van der Waals surface area contributed by atoms with Gasteiger partial charge >= 0.3 is 0 Å². The van der Waals surface area contributed by atoms with Gasteiger partial charge in [0.15, 0.2) is 0 Å². The number of amides is 1. The van der Waals surface area contributed by atoms with E-state index in [1.165, 1.54) is 0 Å². The molecule has 1 aliphatic rings. The van der Waals surface area contributed by atoms with Gasteiger partial charge in [-0.15, -0.1) is 0 Å². The van der Waals surface area contributed by atoms with Crippen molar-refractivity contribution in [2.45, 2.75) is 0 Å². The number of nitrogens with zero attached hydrogens (tertiary/aromatic N) is 3. The van der Waals surface area contributed by atoms with Crippen LogP contribution >= 0.6 is 34.8 Å². The maximum atomic E-state index is 12.8.